The van der Waals surface area contributed by atoms with Crippen LogP contribution in [0.1, 0.15) is 17.5 Å². The van der Waals surface area contributed by atoms with E-state index in [4.69, 9.17) is 37.9 Å². The average Bonchev–Trinajstić information content (AvgIpc) is 2.54. The van der Waals surface area contributed by atoms with E-state index < -0.39 is 5.97 Å². The van der Waals surface area contributed by atoms with Crippen molar-refractivity contribution in [3.05, 3.63) is 57.6 Å². The highest BCUT2D eigenvalue weighted by molar-refractivity contribution is 6.35. The maximum Gasteiger partial charge on any atom is 0.311 e. The molecule has 0 heterocycles. The molecule has 0 aliphatic rings. The van der Waals surface area contributed by atoms with E-state index in [1.165, 1.54) is 19.2 Å². The molecule has 0 aliphatic carbocycles. The van der Waals surface area contributed by atoms with Gasteiger partial charge in [0, 0.05) is 16.1 Å². The summed E-state index contributed by atoms with van der Waals surface area (Å²) in [6, 6.07) is 11.7. The number of hydrogen-bond donors (Lipinski definition) is 0. The summed E-state index contributed by atoms with van der Waals surface area (Å²) in [7, 11) is 1.45. The lowest BCUT2D eigenvalue weighted by Crippen LogP contribution is -2.10. The second-order valence-corrected chi connectivity index (χ2v) is 5.53. The van der Waals surface area contributed by atoms with Crippen LogP contribution in [-0.4, -0.2) is 13.1 Å². The molecule has 6 heteroatoms. The second kappa shape index (κ2) is 7.87. The third-order valence-electron chi connectivity index (χ3n) is 3.13. The molecule has 0 aliphatic heterocycles. The molecule has 0 aromatic heterocycles. The van der Waals surface area contributed by atoms with Gasteiger partial charge in [-0.15, -0.1) is 0 Å². The van der Waals surface area contributed by atoms with Crippen molar-refractivity contribution in [1.29, 1.82) is 5.26 Å². The molecule has 2 rings (SSSR count). The summed E-state index contributed by atoms with van der Waals surface area (Å²) in [6.07, 6.45) is 0.595. The molecule has 0 saturated heterocycles. The summed E-state index contributed by atoms with van der Waals surface area (Å²) in [5.41, 5.74) is 1.24. The number of rotatable bonds is 5. The van der Waals surface area contributed by atoms with Crippen molar-refractivity contribution in [3.63, 3.8) is 0 Å². The second-order valence-electron chi connectivity index (χ2n) is 4.69. The molecule has 0 amide bonds. The lowest BCUT2D eigenvalue weighted by Gasteiger charge is -2.09. The van der Waals surface area contributed by atoms with Gasteiger partial charge in [0.1, 0.15) is 0 Å². The molecule has 0 unspecified atom stereocenters. The Kier molecular flexibility index (Phi) is 5.86. The lowest BCUT2D eigenvalue weighted by molar-refractivity contribution is -0.134. The van der Waals surface area contributed by atoms with Crippen molar-refractivity contribution in [3.8, 4) is 17.6 Å². The molecule has 2 aromatic rings. The van der Waals surface area contributed by atoms with Gasteiger partial charge in [-0.05, 0) is 36.2 Å². The number of nitrogens with zero attached hydrogens (tertiary/aromatic N) is 1. The maximum absolute atomic E-state index is 12.0. The van der Waals surface area contributed by atoms with E-state index in [0.717, 1.165) is 5.56 Å². The molecule has 0 bridgehead atoms. The molecule has 0 atom stereocenters. The first-order valence-corrected chi connectivity index (χ1v) is 7.52. The number of carbonyl (C=O) groups excluding carboxylic acids is 1. The monoisotopic (exact) mass is 349 g/mol. The van der Waals surface area contributed by atoms with Crippen LogP contribution in [0, 0.1) is 11.3 Å². The standard InChI is InChI=1S/C17H13Cl2NO3/c1-22-16-8-11(10-20)2-6-15(16)23-17(21)7-4-12-3-5-13(18)9-14(12)19/h2-3,5-6,8-9H,4,7H2,1H3. The molecular formula is C17H13Cl2NO3. The van der Waals surface area contributed by atoms with Gasteiger partial charge >= 0.3 is 5.97 Å². The van der Waals surface area contributed by atoms with Gasteiger partial charge in [-0.1, -0.05) is 29.3 Å². The van der Waals surface area contributed by atoms with Crippen LogP contribution in [0.15, 0.2) is 36.4 Å². The highest BCUT2D eigenvalue weighted by Gasteiger charge is 2.12. The van der Waals surface area contributed by atoms with E-state index in [2.05, 4.69) is 0 Å². The molecule has 0 saturated carbocycles. The molecule has 0 spiro atoms. The van der Waals surface area contributed by atoms with Gasteiger partial charge in [0.2, 0.25) is 0 Å². The summed E-state index contributed by atoms with van der Waals surface area (Å²) in [6.45, 7) is 0. The molecule has 0 N–H and O–H groups in total. The zero-order chi connectivity index (χ0) is 16.8. The van der Waals surface area contributed by atoms with Crippen molar-refractivity contribution in [2.24, 2.45) is 0 Å². The van der Waals surface area contributed by atoms with Crippen molar-refractivity contribution in [1.82, 2.24) is 0 Å². The van der Waals surface area contributed by atoms with Crippen LogP contribution < -0.4 is 9.47 Å². The maximum atomic E-state index is 12.0. The number of ether oxygens (including phenoxy) is 2. The van der Waals surface area contributed by atoms with Crippen LogP contribution in [0.3, 0.4) is 0 Å². The molecule has 4 nitrogen and oxygen atoms in total. The van der Waals surface area contributed by atoms with Gasteiger partial charge in [-0.3, -0.25) is 4.79 Å². The first kappa shape index (κ1) is 17.1. The third-order valence-corrected chi connectivity index (χ3v) is 3.72. The zero-order valence-corrected chi connectivity index (χ0v) is 13.8. The Morgan fingerprint density at radius 2 is 1.96 bits per heavy atom. The summed E-state index contributed by atoms with van der Waals surface area (Å²) in [5, 5.41) is 9.91. The smallest absolute Gasteiger partial charge is 0.311 e. The number of carbonyl (C=O) groups is 1. The van der Waals surface area contributed by atoms with Crippen LogP contribution in [0.4, 0.5) is 0 Å². The minimum atomic E-state index is -0.418. The number of methoxy groups -OCH3 is 1. The molecule has 23 heavy (non-hydrogen) atoms. The van der Waals surface area contributed by atoms with Crippen LogP contribution in [0.5, 0.6) is 11.5 Å². The van der Waals surface area contributed by atoms with Gasteiger partial charge in [-0.25, -0.2) is 0 Å². The van der Waals surface area contributed by atoms with Gasteiger partial charge in [0.25, 0.3) is 0 Å². The fraction of sp³-hybridized carbons (Fsp3) is 0.176. The summed E-state index contributed by atoms with van der Waals surface area (Å²) >= 11 is 11.9. The van der Waals surface area contributed by atoms with Crippen LogP contribution >= 0.6 is 23.2 Å². The van der Waals surface area contributed by atoms with Crippen LogP contribution in [0.25, 0.3) is 0 Å². The first-order valence-electron chi connectivity index (χ1n) is 6.76. The quantitative estimate of drug-likeness (QED) is 0.592. The highest BCUT2D eigenvalue weighted by atomic mass is 35.5. The fourth-order valence-electron chi connectivity index (χ4n) is 1.96. The van der Waals surface area contributed by atoms with Gasteiger partial charge in [0.05, 0.1) is 25.2 Å². The van der Waals surface area contributed by atoms with Gasteiger partial charge in [0.15, 0.2) is 11.5 Å². The first-order chi connectivity index (χ1) is 11.0. The van der Waals surface area contributed by atoms with Crippen molar-refractivity contribution in [2.75, 3.05) is 7.11 Å². The Labute approximate surface area is 144 Å². The number of benzene rings is 2. The lowest BCUT2D eigenvalue weighted by atomic mass is 10.1. The Morgan fingerprint density at radius 3 is 2.61 bits per heavy atom. The fourth-order valence-corrected chi connectivity index (χ4v) is 2.46. The number of aryl methyl sites for hydroxylation is 1. The van der Waals surface area contributed by atoms with Crippen molar-refractivity contribution >= 4 is 29.2 Å². The van der Waals surface area contributed by atoms with E-state index >= 15 is 0 Å². The van der Waals surface area contributed by atoms with Crippen molar-refractivity contribution in [2.45, 2.75) is 12.8 Å². The largest absolute Gasteiger partial charge is 0.493 e. The number of halogens is 2. The van der Waals surface area contributed by atoms with E-state index in [0.29, 0.717) is 27.8 Å². The van der Waals surface area contributed by atoms with Crippen LogP contribution in [0.2, 0.25) is 10.0 Å². The highest BCUT2D eigenvalue weighted by Crippen LogP contribution is 2.28. The topological polar surface area (TPSA) is 59.3 Å². The summed E-state index contributed by atoms with van der Waals surface area (Å²) in [4.78, 5) is 12.0. The predicted octanol–water partition coefficient (Wildman–Crippen LogP) is 4.41. The van der Waals surface area contributed by atoms with E-state index in [1.807, 2.05) is 6.07 Å². The van der Waals surface area contributed by atoms with E-state index in [-0.39, 0.29) is 12.2 Å². The SMILES string of the molecule is COc1cc(C#N)ccc1OC(=O)CCc1ccc(Cl)cc1Cl. The Hall–Kier alpha value is -2.22. The molecule has 2 aromatic carbocycles. The molecule has 0 radical (unpaired) electrons. The Balaban J connectivity index is 2.01. The van der Waals surface area contributed by atoms with E-state index in [9.17, 15) is 4.79 Å². The minimum Gasteiger partial charge on any atom is -0.493 e. The summed E-state index contributed by atoms with van der Waals surface area (Å²) < 4.78 is 10.4. The predicted molar refractivity (Wildman–Crippen MR) is 88.1 cm³/mol. The molecular weight excluding hydrogens is 337 g/mol. The summed E-state index contributed by atoms with van der Waals surface area (Å²) in [5.74, 6) is 0.194. The van der Waals surface area contributed by atoms with Gasteiger partial charge < -0.3 is 9.47 Å². The number of nitriles is 1. The molecule has 0 fully saturated rings. The van der Waals surface area contributed by atoms with Crippen LogP contribution in [-0.2, 0) is 11.2 Å². The zero-order valence-electron chi connectivity index (χ0n) is 12.3. The molecule has 118 valence electrons. The average molecular weight is 350 g/mol. The Morgan fingerprint density at radius 1 is 1.17 bits per heavy atom. The third kappa shape index (κ3) is 4.62. The minimum absolute atomic E-state index is 0.157. The van der Waals surface area contributed by atoms with Crippen molar-refractivity contribution < 1.29 is 14.3 Å². The van der Waals surface area contributed by atoms with Gasteiger partial charge in [-0.2, -0.15) is 5.26 Å². The number of esters is 1. The normalized spacial score (nSPS) is 10.0. The number of hydrogen-bond acceptors (Lipinski definition) is 4. The Bertz CT molecular complexity index is 769. The van der Waals surface area contributed by atoms with E-state index in [1.54, 1.807) is 24.3 Å².